The number of carbonyl (C=O) groups is 1. The Morgan fingerprint density at radius 2 is 1.77 bits per heavy atom. The van der Waals surface area contributed by atoms with Gasteiger partial charge in [-0.05, 0) is 24.1 Å². The number of amides is 1. The predicted octanol–water partition coefficient (Wildman–Crippen LogP) is 3.19. The monoisotopic (exact) mass is 356 g/mol. The number of nitrogens with zero attached hydrogens (tertiary/aromatic N) is 1. The van der Waals surface area contributed by atoms with Crippen LogP contribution in [0.4, 0.5) is 0 Å². The highest BCUT2D eigenvalue weighted by atomic mass is 16.5. The van der Waals surface area contributed by atoms with Crippen LogP contribution in [0.3, 0.4) is 0 Å². The quantitative estimate of drug-likeness (QED) is 0.553. The van der Waals surface area contributed by atoms with Crippen molar-refractivity contribution in [2.45, 2.75) is 19.8 Å². The molecule has 26 heavy (non-hydrogen) atoms. The SMILES string of the molecule is CCCOc1c(OC)cc(/C=N\NC(=O)Cc2ccccc2)cc1OC. The van der Waals surface area contributed by atoms with Gasteiger partial charge in [-0.1, -0.05) is 37.3 Å². The van der Waals surface area contributed by atoms with Crippen molar-refractivity contribution in [3.05, 3.63) is 53.6 Å². The second-order valence-corrected chi connectivity index (χ2v) is 5.56. The lowest BCUT2D eigenvalue weighted by Gasteiger charge is -2.14. The first-order valence-corrected chi connectivity index (χ1v) is 8.42. The normalized spacial score (nSPS) is 10.6. The molecule has 0 heterocycles. The lowest BCUT2D eigenvalue weighted by molar-refractivity contribution is -0.120. The molecule has 0 bridgehead atoms. The highest BCUT2D eigenvalue weighted by Crippen LogP contribution is 2.38. The molecule has 0 unspecified atom stereocenters. The van der Waals surface area contributed by atoms with E-state index in [1.54, 1.807) is 26.4 Å². The molecule has 0 saturated carbocycles. The number of hydrazone groups is 1. The van der Waals surface area contributed by atoms with E-state index in [9.17, 15) is 4.79 Å². The lowest BCUT2D eigenvalue weighted by Crippen LogP contribution is -2.19. The highest BCUT2D eigenvalue weighted by Gasteiger charge is 2.13. The zero-order chi connectivity index (χ0) is 18.8. The summed E-state index contributed by atoms with van der Waals surface area (Å²) in [4.78, 5) is 11.9. The van der Waals surface area contributed by atoms with E-state index in [1.165, 1.54) is 6.21 Å². The van der Waals surface area contributed by atoms with Crippen LogP contribution in [0, 0.1) is 0 Å². The van der Waals surface area contributed by atoms with Crippen LogP contribution in [-0.4, -0.2) is 32.9 Å². The molecule has 1 N–H and O–H groups in total. The highest BCUT2D eigenvalue weighted by molar-refractivity contribution is 5.85. The molecular weight excluding hydrogens is 332 g/mol. The van der Waals surface area contributed by atoms with Gasteiger partial charge in [0.05, 0.1) is 33.5 Å². The predicted molar refractivity (Wildman–Crippen MR) is 101 cm³/mol. The Kier molecular flexibility index (Phi) is 7.49. The van der Waals surface area contributed by atoms with Crippen LogP contribution in [0.15, 0.2) is 47.6 Å². The molecular formula is C20H24N2O4. The van der Waals surface area contributed by atoms with Gasteiger partial charge in [-0.15, -0.1) is 0 Å². The van der Waals surface area contributed by atoms with Gasteiger partial charge in [0.1, 0.15) is 0 Å². The van der Waals surface area contributed by atoms with Gasteiger partial charge in [-0.25, -0.2) is 5.43 Å². The molecule has 0 fully saturated rings. The van der Waals surface area contributed by atoms with Gasteiger partial charge >= 0.3 is 0 Å². The number of carbonyl (C=O) groups excluding carboxylic acids is 1. The van der Waals surface area contributed by atoms with Gasteiger partial charge in [0.2, 0.25) is 11.7 Å². The second-order valence-electron chi connectivity index (χ2n) is 5.56. The fourth-order valence-corrected chi connectivity index (χ4v) is 2.32. The number of ether oxygens (including phenoxy) is 3. The Labute approximate surface area is 153 Å². The summed E-state index contributed by atoms with van der Waals surface area (Å²) in [5.41, 5.74) is 4.18. The number of rotatable bonds is 9. The van der Waals surface area contributed by atoms with E-state index in [1.807, 2.05) is 37.3 Å². The average molecular weight is 356 g/mol. The van der Waals surface area contributed by atoms with Crippen molar-refractivity contribution >= 4 is 12.1 Å². The maximum atomic E-state index is 11.9. The summed E-state index contributed by atoms with van der Waals surface area (Å²) in [5, 5.41) is 4.00. The third-order valence-corrected chi connectivity index (χ3v) is 3.54. The van der Waals surface area contributed by atoms with Crippen LogP contribution >= 0.6 is 0 Å². The van der Waals surface area contributed by atoms with Crippen molar-refractivity contribution in [2.75, 3.05) is 20.8 Å². The first-order chi connectivity index (χ1) is 12.7. The molecule has 0 aliphatic heterocycles. The Balaban J connectivity index is 2.05. The summed E-state index contributed by atoms with van der Waals surface area (Å²) in [5.74, 6) is 1.47. The Bertz CT molecular complexity index is 720. The van der Waals surface area contributed by atoms with Gasteiger partial charge in [-0.3, -0.25) is 4.79 Å². The smallest absolute Gasteiger partial charge is 0.244 e. The fraction of sp³-hybridized carbons (Fsp3) is 0.300. The number of methoxy groups -OCH3 is 2. The van der Waals surface area contributed by atoms with Gasteiger partial charge < -0.3 is 14.2 Å². The molecule has 2 aromatic rings. The van der Waals surface area contributed by atoms with E-state index < -0.39 is 0 Å². The number of hydrogen-bond donors (Lipinski definition) is 1. The summed E-state index contributed by atoms with van der Waals surface area (Å²) < 4.78 is 16.5. The molecule has 0 atom stereocenters. The fourth-order valence-electron chi connectivity index (χ4n) is 2.32. The summed E-state index contributed by atoms with van der Waals surface area (Å²) >= 11 is 0. The maximum absolute atomic E-state index is 11.9. The van der Waals surface area contributed by atoms with Gasteiger partial charge in [-0.2, -0.15) is 5.10 Å². The molecule has 0 aliphatic rings. The van der Waals surface area contributed by atoms with Crippen molar-refractivity contribution in [3.63, 3.8) is 0 Å². The van der Waals surface area contributed by atoms with Gasteiger partial charge in [0.15, 0.2) is 11.5 Å². The van der Waals surface area contributed by atoms with Crippen LogP contribution < -0.4 is 19.6 Å². The largest absolute Gasteiger partial charge is 0.493 e. The third kappa shape index (κ3) is 5.51. The average Bonchev–Trinajstić information content (AvgIpc) is 2.66. The molecule has 0 aromatic heterocycles. The molecule has 0 spiro atoms. The summed E-state index contributed by atoms with van der Waals surface area (Å²) in [6.07, 6.45) is 2.69. The van der Waals surface area contributed by atoms with Crippen molar-refractivity contribution < 1.29 is 19.0 Å². The van der Waals surface area contributed by atoms with Crippen LogP contribution in [-0.2, 0) is 11.2 Å². The first kappa shape index (κ1) is 19.3. The molecule has 6 heteroatoms. The van der Waals surface area contributed by atoms with Crippen LogP contribution in [0.2, 0.25) is 0 Å². The first-order valence-electron chi connectivity index (χ1n) is 8.42. The van der Waals surface area contributed by atoms with Crippen LogP contribution in [0.25, 0.3) is 0 Å². The molecule has 2 aromatic carbocycles. The molecule has 0 radical (unpaired) electrons. The Morgan fingerprint density at radius 1 is 1.12 bits per heavy atom. The second kappa shape index (κ2) is 10.1. The molecule has 138 valence electrons. The van der Waals surface area contributed by atoms with Crippen molar-refractivity contribution in [3.8, 4) is 17.2 Å². The zero-order valence-electron chi connectivity index (χ0n) is 15.3. The van der Waals surface area contributed by atoms with Crippen LogP contribution in [0.5, 0.6) is 17.2 Å². The molecule has 2 rings (SSSR count). The summed E-state index contributed by atoms with van der Waals surface area (Å²) in [6.45, 7) is 2.59. The molecule has 6 nitrogen and oxygen atoms in total. The summed E-state index contributed by atoms with van der Waals surface area (Å²) in [6, 6.07) is 13.1. The topological polar surface area (TPSA) is 69.2 Å². The number of benzene rings is 2. The molecule has 1 amide bonds. The van der Waals surface area contributed by atoms with E-state index in [4.69, 9.17) is 14.2 Å². The van der Waals surface area contributed by atoms with E-state index >= 15 is 0 Å². The van der Waals surface area contributed by atoms with E-state index in [-0.39, 0.29) is 12.3 Å². The molecule has 0 aliphatic carbocycles. The van der Waals surface area contributed by atoms with E-state index in [0.717, 1.165) is 17.5 Å². The minimum Gasteiger partial charge on any atom is -0.493 e. The van der Waals surface area contributed by atoms with Gasteiger partial charge in [0.25, 0.3) is 0 Å². The van der Waals surface area contributed by atoms with Crippen molar-refractivity contribution in [2.24, 2.45) is 5.10 Å². The van der Waals surface area contributed by atoms with Crippen molar-refractivity contribution in [1.29, 1.82) is 0 Å². The number of hydrogen-bond acceptors (Lipinski definition) is 5. The molecule has 0 saturated heterocycles. The zero-order valence-corrected chi connectivity index (χ0v) is 15.3. The maximum Gasteiger partial charge on any atom is 0.244 e. The standard InChI is InChI=1S/C20H24N2O4/c1-4-10-26-20-17(24-2)11-16(12-18(20)25-3)14-21-22-19(23)13-15-8-6-5-7-9-15/h5-9,11-12,14H,4,10,13H2,1-3H3,(H,22,23)/b21-14-. The third-order valence-electron chi connectivity index (χ3n) is 3.54. The lowest BCUT2D eigenvalue weighted by atomic mass is 10.1. The van der Waals surface area contributed by atoms with Crippen molar-refractivity contribution in [1.82, 2.24) is 5.43 Å². The van der Waals surface area contributed by atoms with E-state index in [2.05, 4.69) is 10.5 Å². The minimum atomic E-state index is -0.186. The van der Waals surface area contributed by atoms with Crippen LogP contribution in [0.1, 0.15) is 24.5 Å². The Hall–Kier alpha value is -3.02. The van der Waals surface area contributed by atoms with E-state index in [0.29, 0.717) is 23.9 Å². The Morgan fingerprint density at radius 3 is 2.35 bits per heavy atom. The summed E-state index contributed by atoms with van der Waals surface area (Å²) in [7, 11) is 3.13. The number of nitrogens with one attached hydrogen (secondary N) is 1. The van der Waals surface area contributed by atoms with Gasteiger partial charge in [0, 0.05) is 5.56 Å². The minimum absolute atomic E-state index is 0.186.